The smallest absolute Gasteiger partial charge is 0.338 e. The van der Waals surface area contributed by atoms with E-state index < -0.39 is 5.41 Å². The molecule has 0 heterocycles. The van der Waals surface area contributed by atoms with Gasteiger partial charge >= 0.3 is 11.9 Å². The summed E-state index contributed by atoms with van der Waals surface area (Å²) in [5, 5.41) is 0. The lowest BCUT2D eigenvalue weighted by Crippen LogP contribution is -2.21. The Morgan fingerprint density at radius 1 is 0.592 bits per heavy atom. The Bertz CT molecular complexity index is 1690. The van der Waals surface area contributed by atoms with E-state index in [2.05, 4.69) is 104 Å². The van der Waals surface area contributed by atoms with E-state index in [0.717, 1.165) is 71.6 Å². The Kier molecular flexibility index (Phi) is 14.8. The second-order valence-electron chi connectivity index (χ2n) is 12.1. The van der Waals surface area contributed by atoms with E-state index in [4.69, 9.17) is 18.9 Å². The lowest BCUT2D eigenvalue weighted by Gasteiger charge is -2.30. The maximum absolute atomic E-state index is 12.3. The van der Waals surface area contributed by atoms with Gasteiger partial charge in [-0.05, 0) is 135 Å². The van der Waals surface area contributed by atoms with Gasteiger partial charge in [-0.25, -0.2) is 9.59 Å². The molecule has 0 atom stereocenters. The Balaban J connectivity index is 1.41. The molecule has 0 unspecified atom stereocenters. The summed E-state index contributed by atoms with van der Waals surface area (Å²) >= 11 is 15.2. The molecule has 0 fully saturated rings. The van der Waals surface area contributed by atoms with Gasteiger partial charge in [0.15, 0.2) is 0 Å². The third-order valence-electron chi connectivity index (χ3n) is 8.05. The zero-order valence-corrected chi connectivity index (χ0v) is 34.4. The van der Waals surface area contributed by atoms with Crippen molar-refractivity contribution in [2.75, 3.05) is 13.2 Å². The average Bonchev–Trinajstić information content (AvgIpc) is 3.10. The summed E-state index contributed by atoms with van der Waals surface area (Å²) in [6.07, 6.45) is 3.66. The number of unbranched alkanes of at least 4 members (excludes halogenated alkanes) is 2. The molecule has 0 radical (unpaired) electrons. The number of benzene rings is 4. The second-order valence-corrected chi connectivity index (χ2v) is 15.2. The van der Waals surface area contributed by atoms with Gasteiger partial charge in [0.2, 0.25) is 0 Å². The molecule has 260 valence electrons. The minimum Gasteiger partial charge on any atom is -0.489 e. The minimum absolute atomic E-state index is 0.302. The number of rotatable bonds is 16. The molecule has 0 bridgehead atoms. The van der Waals surface area contributed by atoms with E-state index in [1.54, 1.807) is 24.3 Å². The molecular weight excluding hydrogens is 884 g/mol. The fourth-order valence-electron chi connectivity index (χ4n) is 4.98. The number of carbonyl (C=O) groups is 2. The number of hydrogen-bond acceptors (Lipinski definition) is 6. The summed E-state index contributed by atoms with van der Waals surface area (Å²) in [6.45, 7) is 9.99. The third-order valence-corrected chi connectivity index (χ3v) is 12.2. The molecule has 10 heteroatoms. The van der Waals surface area contributed by atoms with Crippen LogP contribution in [0.15, 0.2) is 90.7 Å². The predicted octanol–water partition coefficient (Wildman–Crippen LogP) is 12.1. The maximum Gasteiger partial charge on any atom is 0.338 e. The first-order valence-corrected chi connectivity index (χ1v) is 19.4. The quantitative estimate of drug-likeness (QED) is 0.0633. The van der Waals surface area contributed by atoms with Crippen LogP contribution in [0, 0.1) is 0 Å². The zero-order valence-electron chi connectivity index (χ0n) is 28.0. The highest BCUT2D eigenvalue weighted by molar-refractivity contribution is 9.14. The molecule has 4 aromatic carbocycles. The Morgan fingerprint density at radius 3 is 1.45 bits per heavy atom. The number of halogens is 4. The van der Waals surface area contributed by atoms with Crippen molar-refractivity contribution in [1.82, 2.24) is 0 Å². The molecule has 0 aromatic heterocycles. The van der Waals surface area contributed by atoms with Crippen LogP contribution in [0.25, 0.3) is 0 Å². The van der Waals surface area contributed by atoms with Crippen molar-refractivity contribution >= 4 is 75.7 Å². The fourth-order valence-corrected chi connectivity index (χ4v) is 8.28. The van der Waals surface area contributed by atoms with Crippen molar-refractivity contribution in [1.29, 1.82) is 0 Å². The van der Waals surface area contributed by atoms with E-state index in [1.807, 2.05) is 36.4 Å². The van der Waals surface area contributed by atoms with Gasteiger partial charge in [-0.3, -0.25) is 0 Å². The molecule has 0 aliphatic heterocycles. The summed E-state index contributed by atoms with van der Waals surface area (Å²) < 4.78 is 26.2. The van der Waals surface area contributed by atoms with Gasteiger partial charge in [0, 0.05) is 14.4 Å². The SMILES string of the molecule is CCCCOC(=O)c1ccc(COc2ccc(C(C)(C)c3c(Br)c(Br)c(OCc4ccc(C(=O)OCCCC)cc4)c(Br)c3Br)cc2)cc1. The first kappa shape index (κ1) is 39.1. The largest absolute Gasteiger partial charge is 0.489 e. The molecule has 0 saturated heterocycles. The molecule has 0 aliphatic carbocycles. The van der Waals surface area contributed by atoms with Crippen molar-refractivity contribution in [2.45, 2.75) is 72.0 Å². The molecule has 4 rings (SSSR count). The highest BCUT2D eigenvalue weighted by atomic mass is 79.9. The lowest BCUT2D eigenvalue weighted by molar-refractivity contribution is 0.0490. The van der Waals surface area contributed by atoms with Gasteiger partial charge in [0.1, 0.15) is 24.7 Å². The van der Waals surface area contributed by atoms with Gasteiger partial charge in [0.25, 0.3) is 0 Å². The number of hydrogen-bond donors (Lipinski definition) is 0. The predicted molar refractivity (Wildman–Crippen MR) is 208 cm³/mol. The Morgan fingerprint density at radius 2 is 1.02 bits per heavy atom. The highest BCUT2D eigenvalue weighted by Gasteiger charge is 2.32. The highest BCUT2D eigenvalue weighted by Crippen LogP contribution is 2.51. The molecule has 0 spiro atoms. The second kappa shape index (κ2) is 18.5. The van der Waals surface area contributed by atoms with Crippen LogP contribution in [0.2, 0.25) is 0 Å². The van der Waals surface area contributed by atoms with E-state index in [0.29, 0.717) is 43.3 Å². The van der Waals surface area contributed by atoms with Crippen molar-refractivity contribution in [3.8, 4) is 11.5 Å². The van der Waals surface area contributed by atoms with Gasteiger partial charge in [-0.15, -0.1) is 0 Å². The van der Waals surface area contributed by atoms with Crippen LogP contribution in [0.3, 0.4) is 0 Å². The monoisotopic (exact) mass is 920 g/mol. The van der Waals surface area contributed by atoms with Gasteiger partial charge < -0.3 is 18.9 Å². The molecule has 0 saturated carbocycles. The number of esters is 2. The first-order valence-electron chi connectivity index (χ1n) is 16.2. The van der Waals surface area contributed by atoms with Crippen LogP contribution in [0.4, 0.5) is 0 Å². The maximum atomic E-state index is 12.3. The van der Waals surface area contributed by atoms with Crippen LogP contribution in [0.1, 0.15) is 96.3 Å². The molecule has 0 amide bonds. The van der Waals surface area contributed by atoms with Crippen LogP contribution in [0.5, 0.6) is 11.5 Å². The molecule has 0 aliphatic rings. The third kappa shape index (κ3) is 10.2. The minimum atomic E-state index is -0.414. The summed E-state index contributed by atoms with van der Waals surface area (Å²) in [5.74, 6) is 0.771. The first-order chi connectivity index (χ1) is 23.5. The lowest BCUT2D eigenvalue weighted by atomic mass is 9.78. The van der Waals surface area contributed by atoms with Gasteiger partial charge in [-0.2, -0.15) is 0 Å². The fraction of sp³-hybridized carbons (Fsp3) is 0.333. The van der Waals surface area contributed by atoms with E-state index in [9.17, 15) is 9.59 Å². The van der Waals surface area contributed by atoms with Crippen molar-refractivity contribution in [3.63, 3.8) is 0 Å². The number of carbonyl (C=O) groups excluding carboxylic acids is 2. The summed E-state index contributed by atoms with van der Waals surface area (Å²) in [6, 6.07) is 22.7. The van der Waals surface area contributed by atoms with Crippen LogP contribution < -0.4 is 9.47 Å². The van der Waals surface area contributed by atoms with Crippen LogP contribution in [-0.4, -0.2) is 25.2 Å². The van der Waals surface area contributed by atoms with Crippen molar-refractivity contribution < 1.29 is 28.5 Å². The zero-order chi connectivity index (χ0) is 35.6. The summed E-state index contributed by atoms with van der Waals surface area (Å²) in [4.78, 5) is 24.4. The Labute approximate surface area is 322 Å². The molecule has 6 nitrogen and oxygen atoms in total. The average molecular weight is 924 g/mol. The molecule has 4 aromatic rings. The van der Waals surface area contributed by atoms with Crippen LogP contribution in [-0.2, 0) is 28.1 Å². The van der Waals surface area contributed by atoms with E-state index >= 15 is 0 Å². The number of ether oxygens (including phenoxy) is 4. The standard InChI is InChI=1S/C39H40Br4O6/c1-5-7-21-46-37(44)27-13-9-25(10-14-27)23-48-30-19-17-29(18-20-30)39(3,4)31-32(40)34(42)36(35(43)33(31)41)49-24-26-11-15-28(16-12-26)38(45)47-22-8-6-2/h9-20H,5-8,21-24H2,1-4H3. The summed E-state index contributed by atoms with van der Waals surface area (Å²) in [5.41, 5.74) is 4.64. The van der Waals surface area contributed by atoms with Crippen molar-refractivity contribution in [2.24, 2.45) is 0 Å². The molecule has 0 N–H and O–H groups in total. The van der Waals surface area contributed by atoms with Crippen molar-refractivity contribution in [3.05, 3.63) is 124 Å². The Hall–Kier alpha value is -2.66. The topological polar surface area (TPSA) is 71.1 Å². The van der Waals surface area contributed by atoms with Gasteiger partial charge in [0.05, 0.1) is 33.3 Å². The van der Waals surface area contributed by atoms with E-state index in [-0.39, 0.29) is 11.9 Å². The van der Waals surface area contributed by atoms with Crippen LogP contribution >= 0.6 is 63.7 Å². The normalized spacial score (nSPS) is 11.3. The van der Waals surface area contributed by atoms with Gasteiger partial charge in [-0.1, -0.05) is 76.9 Å². The van der Waals surface area contributed by atoms with E-state index in [1.165, 1.54) is 0 Å². The molecule has 49 heavy (non-hydrogen) atoms. The molecular formula is C39H40Br4O6. The summed E-state index contributed by atoms with van der Waals surface area (Å²) in [7, 11) is 0.